The van der Waals surface area contributed by atoms with Crippen molar-refractivity contribution < 1.29 is 4.79 Å². The molecule has 1 aliphatic heterocycles. The molecule has 3 aromatic rings. The van der Waals surface area contributed by atoms with Gasteiger partial charge in [0.15, 0.2) is 0 Å². The number of aryl methyl sites for hydroxylation is 1. The minimum Gasteiger partial charge on any atom is -0.350 e. The molecule has 1 amide bonds. The van der Waals surface area contributed by atoms with Crippen LogP contribution in [0.2, 0.25) is 5.02 Å². The molecule has 1 aliphatic rings. The third-order valence-corrected chi connectivity index (χ3v) is 5.67. The molecule has 1 saturated heterocycles. The van der Waals surface area contributed by atoms with E-state index in [4.69, 9.17) is 11.6 Å². The highest BCUT2D eigenvalue weighted by Gasteiger charge is 2.24. The Labute approximate surface area is 170 Å². The minimum absolute atomic E-state index is 0.0907. The molecule has 2 heterocycles. The van der Waals surface area contributed by atoms with Gasteiger partial charge in [-0.3, -0.25) is 14.7 Å². The van der Waals surface area contributed by atoms with E-state index in [1.807, 2.05) is 37.3 Å². The van der Waals surface area contributed by atoms with Crippen molar-refractivity contribution in [3.8, 4) is 0 Å². The molecule has 4 rings (SSSR count). The van der Waals surface area contributed by atoms with Crippen molar-refractivity contribution >= 4 is 28.4 Å². The van der Waals surface area contributed by atoms with E-state index < -0.39 is 0 Å². The predicted octanol–water partition coefficient (Wildman–Crippen LogP) is 4.76. The van der Waals surface area contributed by atoms with E-state index in [-0.39, 0.29) is 11.9 Å². The van der Waals surface area contributed by atoms with Crippen molar-refractivity contribution in [3.05, 3.63) is 76.4 Å². The second-order valence-electron chi connectivity index (χ2n) is 7.34. The number of halogens is 1. The summed E-state index contributed by atoms with van der Waals surface area (Å²) in [7, 11) is 0. The van der Waals surface area contributed by atoms with Crippen molar-refractivity contribution in [1.82, 2.24) is 15.2 Å². The van der Waals surface area contributed by atoms with Crippen LogP contribution < -0.4 is 5.32 Å². The van der Waals surface area contributed by atoms with E-state index in [1.165, 1.54) is 18.4 Å². The second kappa shape index (κ2) is 8.29. The highest BCUT2D eigenvalue weighted by Crippen LogP contribution is 2.25. The SMILES string of the molecule is Cc1nc2ccc(Cl)cc2cc1C(=O)NC[C@@H](c1ccccc1)N1CCCC1. The van der Waals surface area contributed by atoms with Gasteiger partial charge in [-0.25, -0.2) is 0 Å². The zero-order valence-corrected chi connectivity index (χ0v) is 16.7. The maximum absolute atomic E-state index is 12.9. The maximum Gasteiger partial charge on any atom is 0.253 e. The summed E-state index contributed by atoms with van der Waals surface area (Å²) in [6, 6.07) is 18.0. The molecular weight excluding hydrogens is 370 g/mol. The molecule has 0 radical (unpaired) electrons. The highest BCUT2D eigenvalue weighted by molar-refractivity contribution is 6.31. The Hall–Kier alpha value is -2.43. The van der Waals surface area contributed by atoms with Gasteiger partial charge in [0.2, 0.25) is 0 Å². The van der Waals surface area contributed by atoms with E-state index in [0.29, 0.717) is 17.1 Å². The second-order valence-corrected chi connectivity index (χ2v) is 7.77. The molecule has 0 spiro atoms. The summed E-state index contributed by atoms with van der Waals surface area (Å²) in [5.41, 5.74) is 3.41. The quantitative estimate of drug-likeness (QED) is 0.679. The van der Waals surface area contributed by atoms with Crippen molar-refractivity contribution in [2.45, 2.75) is 25.8 Å². The first-order chi connectivity index (χ1) is 13.6. The zero-order valence-electron chi connectivity index (χ0n) is 16.0. The van der Waals surface area contributed by atoms with Gasteiger partial charge in [-0.2, -0.15) is 0 Å². The Morgan fingerprint density at radius 2 is 1.89 bits per heavy atom. The van der Waals surface area contributed by atoms with E-state index in [1.54, 1.807) is 0 Å². The average Bonchev–Trinajstić information content (AvgIpc) is 3.23. The number of aromatic nitrogens is 1. The standard InChI is InChI=1S/C23H24ClN3O/c1-16-20(14-18-13-19(24)9-10-21(18)26-16)23(28)25-15-22(27-11-5-6-12-27)17-7-3-2-4-8-17/h2-4,7-10,13-14,22H,5-6,11-12,15H2,1H3,(H,25,28)/t22-/m0/s1. The largest absolute Gasteiger partial charge is 0.350 e. The lowest BCUT2D eigenvalue weighted by molar-refractivity contribution is 0.0937. The number of likely N-dealkylation sites (tertiary alicyclic amines) is 1. The summed E-state index contributed by atoms with van der Waals surface area (Å²) >= 11 is 6.10. The summed E-state index contributed by atoms with van der Waals surface area (Å²) in [4.78, 5) is 20.0. The summed E-state index contributed by atoms with van der Waals surface area (Å²) in [6.45, 7) is 4.60. The number of nitrogens with one attached hydrogen (secondary N) is 1. The van der Waals surface area contributed by atoms with Crippen LogP contribution in [0.5, 0.6) is 0 Å². The Morgan fingerprint density at radius 1 is 1.14 bits per heavy atom. The topological polar surface area (TPSA) is 45.2 Å². The van der Waals surface area contributed by atoms with Gasteiger partial charge in [0.1, 0.15) is 0 Å². The first-order valence-corrected chi connectivity index (χ1v) is 10.1. The molecule has 0 unspecified atom stereocenters. The minimum atomic E-state index is -0.0907. The Balaban J connectivity index is 1.55. The smallest absolute Gasteiger partial charge is 0.253 e. The fourth-order valence-corrected chi connectivity index (χ4v) is 4.12. The molecule has 1 atom stereocenters. The summed E-state index contributed by atoms with van der Waals surface area (Å²) in [6.07, 6.45) is 2.43. The van der Waals surface area contributed by atoms with E-state index in [9.17, 15) is 4.79 Å². The van der Waals surface area contributed by atoms with Crippen molar-refractivity contribution in [3.63, 3.8) is 0 Å². The zero-order chi connectivity index (χ0) is 19.5. The number of benzene rings is 2. The van der Waals surface area contributed by atoms with Crippen molar-refractivity contribution in [1.29, 1.82) is 0 Å². The normalized spacial score (nSPS) is 15.6. The van der Waals surface area contributed by atoms with Crippen LogP contribution in [0.3, 0.4) is 0 Å². The van der Waals surface area contributed by atoms with E-state index in [0.717, 1.165) is 29.7 Å². The highest BCUT2D eigenvalue weighted by atomic mass is 35.5. The van der Waals surface area contributed by atoms with Gasteiger partial charge in [0.05, 0.1) is 22.8 Å². The lowest BCUT2D eigenvalue weighted by atomic mass is 10.0. The van der Waals surface area contributed by atoms with E-state index >= 15 is 0 Å². The predicted molar refractivity (Wildman–Crippen MR) is 114 cm³/mol. The lowest BCUT2D eigenvalue weighted by Crippen LogP contribution is -2.37. The number of amides is 1. The van der Waals surface area contributed by atoms with Crippen LogP contribution in [0.1, 0.15) is 40.5 Å². The van der Waals surface area contributed by atoms with Gasteiger partial charge in [0, 0.05) is 17.0 Å². The van der Waals surface area contributed by atoms with Crippen LogP contribution in [-0.2, 0) is 0 Å². The molecule has 0 saturated carbocycles. The molecule has 1 N–H and O–H groups in total. The molecule has 4 nitrogen and oxygen atoms in total. The van der Waals surface area contributed by atoms with Crippen LogP contribution in [0.15, 0.2) is 54.6 Å². The number of pyridine rings is 1. The number of rotatable bonds is 5. The fraction of sp³-hybridized carbons (Fsp3) is 0.304. The molecule has 28 heavy (non-hydrogen) atoms. The lowest BCUT2D eigenvalue weighted by Gasteiger charge is -2.28. The van der Waals surface area contributed by atoms with Gasteiger partial charge >= 0.3 is 0 Å². The average molecular weight is 394 g/mol. The van der Waals surface area contributed by atoms with Gasteiger partial charge in [-0.15, -0.1) is 0 Å². The summed E-state index contributed by atoms with van der Waals surface area (Å²) < 4.78 is 0. The molecule has 2 aromatic carbocycles. The fourth-order valence-electron chi connectivity index (χ4n) is 3.94. The van der Waals surface area contributed by atoms with E-state index in [2.05, 4.69) is 39.5 Å². The van der Waals surface area contributed by atoms with Gasteiger partial charge < -0.3 is 5.32 Å². The van der Waals surface area contributed by atoms with Crippen LogP contribution >= 0.6 is 11.6 Å². The Bertz CT molecular complexity index is 984. The molecule has 5 heteroatoms. The van der Waals surface area contributed by atoms with Gasteiger partial charge in [0.25, 0.3) is 5.91 Å². The number of nitrogens with zero attached hydrogens (tertiary/aromatic N) is 2. The number of carbonyl (C=O) groups excluding carboxylic acids is 1. The number of fused-ring (bicyclic) bond motifs is 1. The van der Waals surface area contributed by atoms with Crippen LogP contribution in [0.4, 0.5) is 0 Å². The third kappa shape index (κ3) is 4.03. The summed E-state index contributed by atoms with van der Waals surface area (Å²) in [5.74, 6) is -0.0907. The number of hydrogen-bond donors (Lipinski definition) is 1. The maximum atomic E-state index is 12.9. The molecule has 1 fully saturated rings. The molecule has 0 bridgehead atoms. The van der Waals surface area contributed by atoms with Crippen molar-refractivity contribution in [2.24, 2.45) is 0 Å². The Kier molecular flexibility index (Phi) is 5.60. The first-order valence-electron chi connectivity index (χ1n) is 9.76. The number of carbonyl (C=O) groups is 1. The van der Waals surface area contributed by atoms with Crippen LogP contribution in [0, 0.1) is 6.92 Å². The number of hydrogen-bond acceptors (Lipinski definition) is 3. The summed E-state index contributed by atoms with van der Waals surface area (Å²) in [5, 5.41) is 4.66. The molecule has 1 aromatic heterocycles. The Morgan fingerprint density at radius 3 is 2.64 bits per heavy atom. The molecular formula is C23H24ClN3O. The van der Waals surface area contributed by atoms with Crippen LogP contribution in [0.25, 0.3) is 10.9 Å². The van der Waals surface area contributed by atoms with Crippen molar-refractivity contribution in [2.75, 3.05) is 19.6 Å². The van der Waals surface area contributed by atoms with Crippen LogP contribution in [-0.4, -0.2) is 35.4 Å². The molecule has 144 valence electrons. The molecule has 0 aliphatic carbocycles. The first kappa shape index (κ1) is 18.9. The third-order valence-electron chi connectivity index (χ3n) is 5.43. The van der Waals surface area contributed by atoms with Gasteiger partial charge in [-0.05, 0) is 62.7 Å². The van der Waals surface area contributed by atoms with Gasteiger partial charge in [-0.1, -0.05) is 41.9 Å². The monoisotopic (exact) mass is 393 g/mol.